The average molecular weight is 483 g/mol. The number of ether oxygens (including phenoxy) is 1. The average Bonchev–Trinajstić information content (AvgIpc) is 3.14. The normalized spacial score (nSPS) is 18.7. The molecule has 9 nitrogen and oxygen atoms in total. The van der Waals surface area contributed by atoms with Crippen LogP contribution in [0.4, 0.5) is 11.4 Å². The van der Waals surface area contributed by atoms with Crippen molar-refractivity contribution in [2.45, 2.75) is 37.8 Å². The summed E-state index contributed by atoms with van der Waals surface area (Å²) in [5.74, 6) is -0.798. The Kier molecular flexibility index (Phi) is 6.80. The summed E-state index contributed by atoms with van der Waals surface area (Å²) in [6.07, 6.45) is 4.16. The predicted molar refractivity (Wildman–Crippen MR) is 111 cm³/mol. The van der Waals surface area contributed by atoms with Crippen molar-refractivity contribution in [2.24, 2.45) is 0 Å². The van der Waals surface area contributed by atoms with Crippen LogP contribution in [-0.4, -0.2) is 41.0 Å². The summed E-state index contributed by atoms with van der Waals surface area (Å²) in [6.45, 7) is 0. The van der Waals surface area contributed by atoms with Crippen molar-refractivity contribution in [3.05, 3.63) is 48.9 Å². The van der Waals surface area contributed by atoms with Gasteiger partial charge in [0.25, 0.3) is 5.91 Å². The smallest absolute Gasteiger partial charge is 0.356 e. The number of pyridine rings is 1. The highest BCUT2D eigenvalue weighted by Crippen LogP contribution is 2.29. The van der Waals surface area contributed by atoms with Crippen molar-refractivity contribution >= 4 is 50.5 Å². The summed E-state index contributed by atoms with van der Waals surface area (Å²) in [5, 5.41) is 17.5. The molecule has 0 radical (unpaired) electrons. The van der Waals surface area contributed by atoms with Gasteiger partial charge in [-0.15, -0.1) is 11.3 Å². The van der Waals surface area contributed by atoms with Crippen LogP contribution in [0.1, 0.15) is 45.8 Å². The van der Waals surface area contributed by atoms with E-state index in [0.29, 0.717) is 11.3 Å². The lowest BCUT2D eigenvalue weighted by molar-refractivity contribution is -0.384. The minimum Gasteiger partial charge on any atom is -0.464 e. The zero-order valence-corrected chi connectivity index (χ0v) is 17.9. The van der Waals surface area contributed by atoms with Gasteiger partial charge in [-0.05, 0) is 53.7 Å². The van der Waals surface area contributed by atoms with Gasteiger partial charge in [-0.1, -0.05) is 0 Å². The highest BCUT2D eigenvalue weighted by Gasteiger charge is 2.27. The number of rotatable bonds is 6. The molecule has 2 atom stereocenters. The molecule has 0 spiro atoms. The summed E-state index contributed by atoms with van der Waals surface area (Å²) in [5.41, 5.74) is -0.0126. The fraction of sp³-hybridized carbons (Fsp3) is 0.389. The maximum absolute atomic E-state index is 12.4. The minimum atomic E-state index is -0.668. The molecule has 3 rings (SSSR count). The van der Waals surface area contributed by atoms with Gasteiger partial charge in [0.1, 0.15) is 11.9 Å². The van der Waals surface area contributed by atoms with E-state index < -0.39 is 10.9 Å². The largest absolute Gasteiger partial charge is 0.464 e. The Morgan fingerprint density at radius 2 is 2.10 bits per heavy atom. The first kappa shape index (κ1) is 21.2. The number of hydrogen-bond acceptors (Lipinski definition) is 8. The van der Waals surface area contributed by atoms with Gasteiger partial charge in [-0.3, -0.25) is 14.9 Å². The fourth-order valence-electron chi connectivity index (χ4n) is 3.29. The van der Waals surface area contributed by atoms with E-state index in [0.717, 1.165) is 29.2 Å². The van der Waals surface area contributed by atoms with Gasteiger partial charge < -0.3 is 15.4 Å². The van der Waals surface area contributed by atoms with Crippen LogP contribution >= 0.6 is 27.3 Å². The molecule has 0 aliphatic heterocycles. The molecular formula is C18H19BrN4O5S. The second kappa shape index (κ2) is 9.31. The van der Waals surface area contributed by atoms with E-state index in [-0.39, 0.29) is 35.1 Å². The standard InChI is InChI=1S/C18H19BrN4O5S/c1-28-18(25)13-8-12(14(9-20-13)23(26)27)21-10-3-2-4-11(7-10)22-17(24)15-5-6-16(19)29-15/h5-6,8-11H,2-4,7H2,1H3,(H,20,21)(H,22,24). The van der Waals surface area contributed by atoms with Crippen LogP contribution in [0.25, 0.3) is 0 Å². The first-order valence-electron chi connectivity index (χ1n) is 8.93. The third kappa shape index (κ3) is 5.30. The lowest BCUT2D eigenvalue weighted by Crippen LogP contribution is -2.41. The molecule has 29 heavy (non-hydrogen) atoms. The van der Waals surface area contributed by atoms with Crippen molar-refractivity contribution in [2.75, 3.05) is 12.4 Å². The monoisotopic (exact) mass is 482 g/mol. The van der Waals surface area contributed by atoms with E-state index in [1.807, 2.05) is 6.07 Å². The molecule has 2 heterocycles. The van der Waals surface area contributed by atoms with E-state index in [1.165, 1.54) is 24.5 Å². The summed E-state index contributed by atoms with van der Waals surface area (Å²) in [6, 6.07) is 4.78. The van der Waals surface area contributed by atoms with Gasteiger partial charge in [0.05, 0.1) is 20.7 Å². The molecule has 2 unspecified atom stereocenters. The van der Waals surface area contributed by atoms with Gasteiger partial charge in [0.2, 0.25) is 0 Å². The van der Waals surface area contributed by atoms with Crippen molar-refractivity contribution in [3.8, 4) is 0 Å². The van der Waals surface area contributed by atoms with E-state index in [4.69, 9.17) is 0 Å². The Bertz CT molecular complexity index is 935. The molecule has 1 aliphatic carbocycles. The molecule has 2 aromatic rings. The summed E-state index contributed by atoms with van der Waals surface area (Å²) in [7, 11) is 1.22. The first-order valence-corrected chi connectivity index (χ1v) is 10.5. The van der Waals surface area contributed by atoms with Crippen LogP contribution in [0.5, 0.6) is 0 Å². The van der Waals surface area contributed by atoms with E-state index >= 15 is 0 Å². The predicted octanol–water partition coefficient (Wildman–Crippen LogP) is 3.75. The highest BCUT2D eigenvalue weighted by molar-refractivity contribution is 9.11. The molecule has 1 amide bonds. The van der Waals surface area contributed by atoms with Crippen molar-refractivity contribution in [1.82, 2.24) is 10.3 Å². The van der Waals surface area contributed by atoms with Crippen LogP contribution < -0.4 is 10.6 Å². The SMILES string of the molecule is COC(=O)c1cc(NC2CCCC(NC(=O)c3ccc(Br)s3)C2)c([N+](=O)[O-])cn1. The van der Waals surface area contributed by atoms with E-state index in [9.17, 15) is 19.7 Å². The van der Waals surface area contributed by atoms with Crippen molar-refractivity contribution in [3.63, 3.8) is 0 Å². The van der Waals surface area contributed by atoms with Crippen LogP contribution in [0.15, 0.2) is 28.2 Å². The maximum Gasteiger partial charge on any atom is 0.356 e. The Labute approximate surface area is 179 Å². The Balaban J connectivity index is 1.70. The van der Waals surface area contributed by atoms with Gasteiger partial charge in [0, 0.05) is 18.2 Å². The summed E-state index contributed by atoms with van der Waals surface area (Å²) < 4.78 is 5.52. The lowest BCUT2D eigenvalue weighted by Gasteiger charge is -2.30. The number of nitrogens with zero attached hydrogens (tertiary/aromatic N) is 2. The molecule has 0 bridgehead atoms. The van der Waals surface area contributed by atoms with Crippen LogP contribution in [0.2, 0.25) is 0 Å². The molecule has 11 heteroatoms. The fourth-order valence-corrected chi connectivity index (χ4v) is 4.58. The summed E-state index contributed by atoms with van der Waals surface area (Å²) in [4.78, 5) is 39.3. The minimum absolute atomic E-state index is 0.00969. The zero-order valence-electron chi connectivity index (χ0n) is 15.5. The number of anilines is 1. The summed E-state index contributed by atoms with van der Waals surface area (Å²) >= 11 is 4.71. The number of nitro groups is 1. The molecule has 154 valence electrons. The zero-order chi connectivity index (χ0) is 21.0. The number of methoxy groups -OCH3 is 1. The van der Waals surface area contributed by atoms with E-state index in [2.05, 4.69) is 36.3 Å². The molecule has 1 fully saturated rings. The van der Waals surface area contributed by atoms with Gasteiger partial charge in [-0.25, -0.2) is 9.78 Å². The molecule has 2 aromatic heterocycles. The van der Waals surface area contributed by atoms with Crippen LogP contribution in [0, 0.1) is 10.1 Å². The Morgan fingerprint density at radius 1 is 1.34 bits per heavy atom. The molecule has 2 N–H and O–H groups in total. The number of nitrogens with one attached hydrogen (secondary N) is 2. The second-order valence-corrected chi connectivity index (χ2v) is 9.08. The number of halogens is 1. The molecular weight excluding hydrogens is 464 g/mol. The second-order valence-electron chi connectivity index (χ2n) is 6.62. The molecule has 0 saturated heterocycles. The number of aromatic nitrogens is 1. The number of carbonyl (C=O) groups excluding carboxylic acids is 2. The number of thiophene rings is 1. The topological polar surface area (TPSA) is 123 Å². The van der Waals surface area contributed by atoms with Crippen LogP contribution in [0.3, 0.4) is 0 Å². The third-order valence-electron chi connectivity index (χ3n) is 4.64. The quantitative estimate of drug-likeness (QED) is 0.364. The van der Waals surface area contributed by atoms with Gasteiger partial charge >= 0.3 is 11.7 Å². The lowest BCUT2D eigenvalue weighted by atomic mass is 9.90. The Morgan fingerprint density at radius 3 is 2.76 bits per heavy atom. The van der Waals surface area contributed by atoms with E-state index in [1.54, 1.807) is 6.07 Å². The molecule has 1 aliphatic rings. The van der Waals surface area contributed by atoms with Gasteiger partial charge in [0.15, 0.2) is 5.69 Å². The van der Waals surface area contributed by atoms with Gasteiger partial charge in [-0.2, -0.15) is 0 Å². The van der Waals surface area contributed by atoms with Crippen molar-refractivity contribution in [1.29, 1.82) is 0 Å². The number of carbonyl (C=O) groups is 2. The first-order chi connectivity index (χ1) is 13.9. The number of esters is 1. The number of amides is 1. The van der Waals surface area contributed by atoms with Crippen molar-refractivity contribution < 1.29 is 19.2 Å². The Hall–Kier alpha value is -2.53. The van der Waals surface area contributed by atoms with Crippen LogP contribution in [-0.2, 0) is 4.74 Å². The molecule has 0 aromatic carbocycles. The third-order valence-corrected chi connectivity index (χ3v) is 6.26. The maximum atomic E-state index is 12.4. The highest BCUT2D eigenvalue weighted by atomic mass is 79.9. The molecule has 1 saturated carbocycles. The number of hydrogen-bond donors (Lipinski definition) is 2.